The number of hydrogen-bond donors (Lipinski definition) is 2. The molecule has 2 atom stereocenters. The maximum atomic E-state index is 5.20. The Labute approximate surface area is 268 Å². The third kappa shape index (κ3) is 4.25. The molecule has 7 aromatic rings. The standard InChI is InChI=1S/C41H31N5/c1-4-16-28(17-5-1)39-42-40(29-18-6-2-7-19-29)44-41(43-39)46-36-27-15-13-25-34(36)38-37(46)33-24-11-10-22-31(33)32-23-12-14-26-35(32)45(38)30-20-8-3-9-21-30/h1-27,39,41,43H,(H,42,44). The van der Waals surface area contributed by atoms with Crippen LogP contribution in [0.2, 0.25) is 0 Å². The maximum absolute atomic E-state index is 5.20. The lowest BCUT2D eigenvalue weighted by molar-refractivity contribution is 0.325. The number of fused-ring (bicyclic) bond motifs is 7. The van der Waals surface area contributed by atoms with Crippen LogP contribution in [0.25, 0.3) is 33.3 Å². The molecule has 2 aliphatic rings. The highest BCUT2D eigenvalue weighted by atomic mass is 15.4. The zero-order valence-corrected chi connectivity index (χ0v) is 25.1. The lowest BCUT2D eigenvalue weighted by Gasteiger charge is -2.34. The van der Waals surface area contributed by atoms with Gasteiger partial charge in [0.15, 0.2) is 6.29 Å². The van der Waals surface area contributed by atoms with Crippen LogP contribution in [-0.2, 0) is 0 Å². The van der Waals surface area contributed by atoms with E-state index in [2.05, 4.69) is 178 Å². The second-order valence-corrected chi connectivity index (χ2v) is 11.7. The number of para-hydroxylation sites is 3. The molecule has 0 amide bonds. The molecular formula is C41H31N5. The number of aromatic nitrogens is 1. The van der Waals surface area contributed by atoms with Crippen LogP contribution in [0.4, 0.5) is 17.1 Å². The number of rotatable bonds is 4. The number of amidine groups is 1. The third-order valence-corrected chi connectivity index (χ3v) is 9.01. The normalized spacial score (nSPS) is 16.9. The van der Waals surface area contributed by atoms with Gasteiger partial charge in [-0.15, -0.1) is 0 Å². The molecule has 0 saturated heterocycles. The SMILES string of the molecule is c1ccc(C2=NC(c3ccccc3)NC(n3c4c(c5ccccc53)N(c3ccccc3)c3ccccc3-c3ccccc3-4)N2)cc1. The largest absolute Gasteiger partial charge is 0.337 e. The molecule has 5 heteroatoms. The van der Waals surface area contributed by atoms with Crippen molar-refractivity contribution in [1.29, 1.82) is 0 Å². The Morgan fingerprint density at radius 3 is 1.93 bits per heavy atom. The first-order valence-electron chi connectivity index (χ1n) is 15.7. The first kappa shape index (κ1) is 26.5. The molecule has 0 aliphatic carbocycles. The number of benzene rings is 6. The van der Waals surface area contributed by atoms with Crippen molar-refractivity contribution in [3.05, 3.63) is 175 Å². The van der Waals surface area contributed by atoms with E-state index in [0.717, 1.165) is 45.2 Å². The molecule has 2 N–H and O–H groups in total. The van der Waals surface area contributed by atoms with Gasteiger partial charge in [-0.05, 0) is 35.4 Å². The van der Waals surface area contributed by atoms with Crippen LogP contribution < -0.4 is 15.5 Å². The summed E-state index contributed by atoms with van der Waals surface area (Å²) in [6.45, 7) is 0. The molecule has 1 aromatic heterocycles. The van der Waals surface area contributed by atoms with Crippen LogP contribution in [0.15, 0.2) is 169 Å². The summed E-state index contributed by atoms with van der Waals surface area (Å²) < 4.78 is 2.44. The molecule has 0 radical (unpaired) electrons. The molecule has 0 spiro atoms. The van der Waals surface area contributed by atoms with Crippen molar-refractivity contribution in [1.82, 2.24) is 15.2 Å². The number of anilines is 3. The average molecular weight is 594 g/mol. The molecule has 0 bridgehead atoms. The Morgan fingerprint density at radius 2 is 1.15 bits per heavy atom. The molecule has 220 valence electrons. The first-order valence-corrected chi connectivity index (χ1v) is 15.7. The van der Waals surface area contributed by atoms with E-state index >= 15 is 0 Å². The van der Waals surface area contributed by atoms with Gasteiger partial charge in [-0.1, -0.05) is 140 Å². The number of hydrogen-bond acceptors (Lipinski definition) is 4. The van der Waals surface area contributed by atoms with Crippen LogP contribution >= 0.6 is 0 Å². The Balaban J connectivity index is 1.35. The van der Waals surface area contributed by atoms with Gasteiger partial charge in [0.25, 0.3) is 0 Å². The van der Waals surface area contributed by atoms with Gasteiger partial charge in [-0.3, -0.25) is 5.32 Å². The van der Waals surface area contributed by atoms with Crippen molar-refractivity contribution in [3.63, 3.8) is 0 Å². The van der Waals surface area contributed by atoms with Gasteiger partial charge in [0.05, 0.1) is 22.6 Å². The van der Waals surface area contributed by atoms with Crippen LogP contribution in [0, 0.1) is 0 Å². The van der Waals surface area contributed by atoms with Crippen LogP contribution in [0.1, 0.15) is 23.6 Å². The highest BCUT2D eigenvalue weighted by molar-refractivity contribution is 6.12. The number of aliphatic imine (C=N–C) groups is 1. The lowest BCUT2D eigenvalue weighted by Crippen LogP contribution is -2.48. The molecule has 9 rings (SSSR count). The Bertz CT molecular complexity index is 2220. The molecular weight excluding hydrogens is 562 g/mol. The lowest BCUT2D eigenvalue weighted by atomic mass is 9.97. The van der Waals surface area contributed by atoms with Crippen molar-refractivity contribution in [2.75, 3.05) is 4.90 Å². The van der Waals surface area contributed by atoms with Crippen LogP contribution in [0.5, 0.6) is 0 Å². The number of nitrogens with zero attached hydrogens (tertiary/aromatic N) is 3. The van der Waals surface area contributed by atoms with Crippen LogP contribution in [0.3, 0.4) is 0 Å². The van der Waals surface area contributed by atoms with E-state index in [9.17, 15) is 0 Å². The summed E-state index contributed by atoms with van der Waals surface area (Å²) in [5.74, 6) is 0.856. The fraction of sp³-hybridized carbons (Fsp3) is 0.0488. The molecule has 2 aliphatic heterocycles. The predicted molar refractivity (Wildman–Crippen MR) is 189 cm³/mol. The van der Waals surface area contributed by atoms with Gasteiger partial charge in [0.1, 0.15) is 12.0 Å². The van der Waals surface area contributed by atoms with Gasteiger partial charge < -0.3 is 14.8 Å². The highest BCUT2D eigenvalue weighted by Gasteiger charge is 2.35. The van der Waals surface area contributed by atoms with Gasteiger partial charge in [-0.25, -0.2) is 4.99 Å². The fourth-order valence-electron chi connectivity index (χ4n) is 7.01. The molecule has 0 saturated carbocycles. The Kier molecular flexibility index (Phi) is 6.28. The van der Waals surface area contributed by atoms with E-state index in [1.807, 2.05) is 6.07 Å². The molecule has 5 nitrogen and oxygen atoms in total. The van der Waals surface area contributed by atoms with Gasteiger partial charge in [0, 0.05) is 27.8 Å². The first-order chi connectivity index (χ1) is 22.8. The molecule has 2 unspecified atom stereocenters. The predicted octanol–water partition coefficient (Wildman–Crippen LogP) is 9.55. The third-order valence-electron chi connectivity index (χ3n) is 9.01. The molecule has 0 fully saturated rings. The quantitative estimate of drug-likeness (QED) is 0.214. The van der Waals surface area contributed by atoms with Crippen molar-refractivity contribution >= 4 is 33.8 Å². The van der Waals surface area contributed by atoms with E-state index in [1.165, 1.54) is 22.1 Å². The van der Waals surface area contributed by atoms with E-state index in [4.69, 9.17) is 4.99 Å². The second-order valence-electron chi connectivity index (χ2n) is 11.7. The summed E-state index contributed by atoms with van der Waals surface area (Å²) in [5.41, 5.74) is 11.5. The Hall–Kier alpha value is -5.91. The molecule has 46 heavy (non-hydrogen) atoms. The molecule has 6 aromatic carbocycles. The van der Waals surface area contributed by atoms with Crippen molar-refractivity contribution in [3.8, 4) is 22.4 Å². The van der Waals surface area contributed by atoms with Gasteiger partial charge in [0.2, 0.25) is 0 Å². The minimum absolute atomic E-state index is 0.247. The van der Waals surface area contributed by atoms with Crippen molar-refractivity contribution in [2.45, 2.75) is 12.5 Å². The molecule has 3 heterocycles. The highest BCUT2D eigenvalue weighted by Crippen LogP contribution is 2.54. The summed E-state index contributed by atoms with van der Waals surface area (Å²) in [7, 11) is 0. The maximum Gasteiger partial charge on any atom is 0.162 e. The summed E-state index contributed by atoms with van der Waals surface area (Å²) in [5, 5.41) is 8.89. The van der Waals surface area contributed by atoms with Gasteiger partial charge in [-0.2, -0.15) is 0 Å². The van der Waals surface area contributed by atoms with E-state index in [-0.39, 0.29) is 12.5 Å². The fourth-order valence-corrected chi connectivity index (χ4v) is 7.01. The van der Waals surface area contributed by atoms with E-state index in [0.29, 0.717) is 0 Å². The van der Waals surface area contributed by atoms with Crippen molar-refractivity contribution < 1.29 is 0 Å². The minimum atomic E-state index is -0.307. The van der Waals surface area contributed by atoms with E-state index in [1.54, 1.807) is 0 Å². The summed E-state index contributed by atoms with van der Waals surface area (Å²) in [6, 6.07) is 57.9. The second kappa shape index (κ2) is 10.9. The summed E-state index contributed by atoms with van der Waals surface area (Å²) in [6.07, 6.45) is -0.554. The minimum Gasteiger partial charge on any atom is -0.337 e. The monoisotopic (exact) mass is 593 g/mol. The number of nitrogens with one attached hydrogen (secondary N) is 2. The summed E-state index contributed by atoms with van der Waals surface area (Å²) in [4.78, 5) is 7.64. The van der Waals surface area contributed by atoms with Crippen molar-refractivity contribution in [2.24, 2.45) is 4.99 Å². The average Bonchev–Trinajstić information content (AvgIpc) is 3.41. The zero-order valence-electron chi connectivity index (χ0n) is 25.1. The van der Waals surface area contributed by atoms with E-state index < -0.39 is 0 Å². The summed E-state index contributed by atoms with van der Waals surface area (Å²) >= 11 is 0. The topological polar surface area (TPSA) is 44.6 Å². The van der Waals surface area contributed by atoms with Gasteiger partial charge >= 0.3 is 0 Å². The Morgan fingerprint density at radius 1 is 0.543 bits per heavy atom. The smallest absolute Gasteiger partial charge is 0.162 e. The zero-order chi connectivity index (χ0) is 30.5. The van der Waals surface area contributed by atoms with Crippen LogP contribution in [-0.4, -0.2) is 10.4 Å².